The maximum absolute atomic E-state index is 12.4. The van der Waals surface area contributed by atoms with Gasteiger partial charge in [0.25, 0.3) is 0 Å². The highest BCUT2D eigenvalue weighted by atomic mass is 32.1. The van der Waals surface area contributed by atoms with Crippen LogP contribution in [-0.2, 0) is 14.3 Å². The van der Waals surface area contributed by atoms with Crippen molar-refractivity contribution in [3.8, 4) is 5.75 Å². The quantitative estimate of drug-likeness (QED) is 0.559. The molecule has 162 valence electrons. The van der Waals surface area contributed by atoms with Gasteiger partial charge in [0.15, 0.2) is 0 Å². The van der Waals surface area contributed by atoms with Gasteiger partial charge >= 0.3 is 5.97 Å². The minimum Gasteiger partial charge on any atom is -0.497 e. The number of carbonyl (C=O) groups excluding carboxylic acids is 3. The second-order valence-corrected chi connectivity index (χ2v) is 7.52. The van der Waals surface area contributed by atoms with E-state index in [0.717, 1.165) is 5.56 Å². The van der Waals surface area contributed by atoms with Crippen LogP contribution in [0.4, 0.5) is 10.7 Å². The van der Waals surface area contributed by atoms with E-state index < -0.39 is 5.97 Å². The monoisotopic (exact) mass is 433 g/mol. The molecule has 1 heterocycles. The Balaban J connectivity index is 1.88. The molecule has 0 aliphatic heterocycles. The molecule has 8 nitrogen and oxygen atoms in total. The largest absolute Gasteiger partial charge is 0.497 e. The molecule has 9 heteroatoms. The van der Waals surface area contributed by atoms with Crippen molar-refractivity contribution in [2.24, 2.45) is 0 Å². The topological polar surface area (TPSA) is 97.0 Å². The number of aryl methyl sites for hydroxylation is 1. The Kier molecular flexibility index (Phi) is 8.82. The second kappa shape index (κ2) is 11.3. The van der Waals surface area contributed by atoms with E-state index in [1.807, 2.05) is 6.92 Å². The maximum atomic E-state index is 12.4. The molecule has 2 rings (SSSR count). The van der Waals surface area contributed by atoms with Crippen LogP contribution in [0.1, 0.15) is 29.1 Å². The van der Waals surface area contributed by atoms with Crippen LogP contribution in [0.3, 0.4) is 0 Å². The lowest BCUT2D eigenvalue weighted by molar-refractivity contribution is -0.119. The van der Waals surface area contributed by atoms with Crippen molar-refractivity contribution in [1.29, 1.82) is 0 Å². The number of hydrogen-bond acceptors (Lipinski definition) is 7. The van der Waals surface area contributed by atoms with Gasteiger partial charge in [0.05, 0.1) is 31.8 Å². The molecule has 2 amide bonds. The molecule has 0 saturated carbocycles. The molecule has 0 saturated heterocycles. The van der Waals surface area contributed by atoms with Gasteiger partial charge in [0.2, 0.25) is 11.8 Å². The first-order valence-corrected chi connectivity index (χ1v) is 10.4. The zero-order valence-electron chi connectivity index (χ0n) is 17.6. The molecule has 0 aliphatic rings. The average Bonchev–Trinajstić information content (AvgIpc) is 3.08. The SMILES string of the molecule is CCOC(=O)c1sc(NC(=O)CN(CC)CC(=O)Nc2ccc(OC)cc2)cc1C. The zero-order valence-corrected chi connectivity index (χ0v) is 18.4. The fourth-order valence-electron chi connectivity index (χ4n) is 2.68. The third kappa shape index (κ3) is 6.85. The first-order valence-electron chi connectivity index (χ1n) is 9.59. The molecular weight excluding hydrogens is 406 g/mol. The molecule has 0 radical (unpaired) electrons. The highest BCUT2D eigenvalue weighted by Crippen LogP contribution is 2.27. The predicted molar refractivity (Wildman–Crippen MR) is 117 cm³/mol. The van der Waals surface area contributed by atoms with Crippen molar-refractivity contribution in [2.75, 3.05) is 44.0 Å². The Morgan fingerprint density at radius 3 is 2.23 bits per heavy atom. The number of amides is 2. The van der Waals surface area contributed by atoms with Crippen molar-refractivity contribution in [2.45, 2.75) is 20.8 Å². The fraction of sp³-hybridized carbons (Fsp3) is 0.381. The Morgan fingerprint density at radius 2 is 1.67 bits per heavy atom. The average molecular weight is 434 g/mol. The molecular formula is C21H27N3O5S. The van der Waals surface area contributed by atoms with Crippen LogP contribution >= 0.6 is 11.3 Å². The predicted octanol–water partition coefficient (Wildman–Crippen LogP) is 3.14. The Morgan fingerprint density at radius 1 is 1.03 bits per heavy atom. The number of carbonyl (C=O) groups is 3. The van der Waals surface area contributed by atoms with E-state index in [0.29, 0.717) is 34.5 Å². The summed E-state index contributed by atoms with van der Waals surface area (Å²) in [6, 6.07) is 8.75. The number of nitrogens with one attached hydrogen (secondary N) is 2. The third-order valence-electron chi connectivity index (χ3n) is 4.20. The number of esters is 1. The highest BCUT2D eigenvalue weighted by molar-refractivity contribution is 7.18. The van der Waals surface area contributed by atoms with Gasteiger partial charge in [-0.15, -0.1) is 11.3 Å². The second-order valence-electron chi connectivity index (χ2n) is 6.47. The Bertz CT molecular complexity index is 879. The van der Waals surface area contributed by atoms with E-state index in [2.05, 4.69) is 10.6 Å². The standard InChI is InChI=1S/C21H27N3O5S/c1-5-24(12-17(25)22-15-7-9-16(28-4)10-8-15)13-18(26)23-19-11-14(3)20(30-19)21(27)29-6-2/h7-11H,5-6,12-13H2,1-4H3,(H,22,25)(H,23,26). The highest BCUT2D eigenvalue weighted by Gasteiger charge is 2.18. The third-order valence-corrected chi connectivity index (χ3v) is 5.33. The molecule has 0 unspecified atom stereocenters. The molecule has 2 N–H and O–H groups in total. The minimum absolute atomic E-state index is 0.0538. The molecule has 1 aromatic carbocycles. The first kappa shape index (κ1) is 23.4. The van der Waals surface area contributed by atoms with Crippen LogP contribution in [0, 0.1) is 6.92 Å². The summed E-state index contributed by atoms with van der Waals surface area (Å²) in [5.74, 6) is -0.169. The van der Waals surface area contributed by atoms with Gasteiger partial charge in [-0.1, -0.05) is 6.92 Å². The van der Waals surface area contributed by atoms with Crippen LogP contribution < -0.4 is 15.4 Å². The van der Waals surface area contributed by atoms with Crippen LogP contribution in [0.25, 0.3) is 0 Å². The van der Waals surface area contributed by atoms with Gasteiger partial charge in [0, 0.05) is 5.69 Å². The summed E-state index contributed by atoms with van der Waals surface area (Å²) in [6.07, 6.45) is 0. The maximum Gasteiger partial charge on any atom is 0.348 e. The number of anilines is 2. The summed E-state index contributed by atoms with van der Waals surface area (Å²) in [5, 5.41) is 6.15. The summed E-state index contributed by atoms with van der Waals surface area (Å²) in [6.45, 7) is 6.37. The molecule has 2 aromatic rings. The van der Waals surface area contributed by atoms with E-state index in [1.54, 1.807) is 56.2 Å². The minimum atomic E-state index is -0.397. The number of nitrogens with zero attached hydrogens (tertiary/aromatic N) is 1. The Labute approximate surface area is 180 Å². The summed E-state index contributed by atoms with van der Waals surface area (Å²) < 4.78 is 10.1. The lowest BCUT2D eigenvalue weighted by atomic mass is 10.3. The van der Waals surface area contributed by atoms with Crippen molar-refractivity contribution in [3.63, 3.8) is 0 Å². The molecule has 0 bridgehead atoms. The number of ether oxygens (including phenoxy) is 2. The van der Waals surface area contributed by atoms with Crippen LogP contribution in [0.2, 0.25) is 0 Å². The lowest BCUT2D eigenvalue weighted by Gasteiger charge is -2.19. The van der Waals surface area contributed by atoms with Crippen LogP contribution in [-0.4, -0.2) is 56.0 Å². The summed E-state index contributed by atoms with van der Waals surface area (Å²) in [5.41, 5.74) is 1.40. The van der Waals surface area contributed by atoms with E-state index >= 15 is 0 Å². The van der Waals surface area contributed by atoms with E-state index in [1.165, 1.54) is 11.3 Å². The van der Waals surface area contributed by atoms with Crippen molar-refractivity contribution in [3.05, 3.63) is 40.8 Å². The number of rotatable bonds is 10. The van der Waals surface area contributed by atoms with Crippen LogP contribution in [0.15, 0.2) is 30.3 Å². The molecule has 0 spiro atoms. The number of thiophene rings is 1. The molecule has 0 fully saturated rings. The number of hydrogen-bond donors (Lipinski definition) is 2. The van der Waals surface area contributed by atoms with Gasteiger partial charge in [-0.2, -0.15) is 0 Å². The van der Waals surface area contributed by atoms with Gasteiger partial charge in [-0.05, 0) is 56.3 Å². The van der Waals surface area contributed by atoms with Gasteiger partial charge < -0.3 is 20.1 Å². The molecule has 30 heavy (non-hydrogen) atoms. The van der Waals surface area contributed by atoms with E-state index in [9.17, 15) is 14.4 Å². The number of benzene rings is 1. The number of likely N-dealkylation sites (N-methyl/N-ethyl adjacent to an activating group) is 1. The van der Waals surface area contributed by atoms with Crippen molar-refractivity contribution >= 4 is 39.8 Å². The molecule has 0 aliphatic carbocycles. The summed E-state index contributed by atoms with van der Waals surface area (Å²) >= 11 is 1.17. The van der Waals surface area contributed by atoms with Crippen LogP contribution in [0.5, 0.6) is 5.75 Å². The fourth-order valence-corrected chi connectivity index (χ4v) is 3.66. The van der Waals surface area contributed by atoms with Crippen molar-refractivity contribution in [1.82, 2.24) is 4.90 Å². The zero-order chi connectivity index (χ0) is 22.1. The smallest absolute Gasteiger partial charge is 0.348 e. The van der Waals surface area contributed by atoms with Gasteiger partial charge in [-0.25, -0.2) is 4.79 Å². The molecule has 1 aromatic heterocycles. The number of methoxy groups -OCH3 is 1. The summed E-state index contributed by atoms with van der Waals surface area (Å²) in [4.78, 5) is 38.8. The normalized spacial score (nSPS) is 10.6. The van der Waals surface area contributed by atoms with Gasteiger partial charge in [0.1, 0.15) is 10.6 Å². The van der Waals surface area contributed by atoms with E-state index in [-0.39, 0.29) is 24.9 Å². The first-order chi connectivity index (χ1) is 14.4. The van der Waals surface area contributed by atoms with Gasteiger partial charge in [-0.3, -0.25) is 14.5 Å². The molecule has 0 atom stereocenters. The lowest BCUT2D eigenvalue weighted by Crippen LogP contribution is -2.38. The van der Waals surface area contributed by atoms with E-state index in [4.69, 9.17) is 9.47 Å². The Hall–Kier alpha value is -2.91. The summed E-state index contributed by atoms with van der Waals surface area (Å²) in [7, 11) is 1.58. The van der Waals surface area contributed by atoms with Crippen molar-refractivity contribution < 1.29 is 23.9 Å².